The predicted octanol–water partition coefficient (Wildman–Crippen LogP) is -4.71. The molecule has 2 saturated heterocycles. The molecule has 8 atom stereocenters. The van der Waals surface area contributed by atoms with E-state index in [1.807, 2.05) is 30.3 Å². The van der Waals surface area contributed by atoms with E-state index in [-0.39, 0.29) is 38.1 Å². The first-order valence-electron chi connectivity index (χ1n) is 14.4. The number of aliphatic hydroxyl groups is 5. The molecule has 0 spiro atoms. The molecule has 3 aromatic rings. The fraction of sp³-hybridized carbons (Fsp3) is 0.481. The first kappa shape index (κ1) is 36.9. The van der Waals surface area contributed by atoms with Crippen LogP contribution in [-0.2, 0) is 39.9 Å². The van der Waals surface area contributed by atoms with Crippen molar-refractivity contribution < 1.29 is 68.4 Å². The Balaban J connectivity index is 0.000000230. The van der Waals surface area contributed by atoms with Gasteiger partial charge in [0.2, 0.25) is 11.6 Å². The lowest BCUT2D eigenvalue weighted by Gasteiger charge is -2.14. The number of nitrogens with zero attached hydrogens (tertiary/aromatic N) is 6. The monoisotopic (exact) mass is 694 g/mol. The maximum absolute atomic E-state index is 11.8. The molecular weight excluding hydrogens is 660 g/mol. The Hall–Kier alpha value is -4.94. The maximum atomic E-state index is 11.8. The summed E-state index contributed by atoms with van der Waals surface area (Å²) in [4.78, 5) is 51.9. The number of aliphatic hydroxyl groups excluding tert-OH is 5. The molecule has 5 rings (SSSR count). The summed E-state index contributed by atoms with van der Waals surface area (Å²) < 4.78 is 27.8. The molecule has 2 aromatic heterocycles. The summed E-state index contributed by atoms with van der Waals surface area (Å²) in [5.74, 6) is -3.74. The zero-order valence-corrected chi connectivity index (χ0v) is 25.4. The molecule has 0 saturated carbocycles. The number of benzene rings is 1. The quantitative estimate of drug-likeness (QED) is 0.0826. The van der Waals surface area contributed by atoms with Crippen LogP contribution in [0.4, 0.5) is 0 Å². The van der Waals surface area contributed by atoms with E-state index in [9.17, 15) is 39.6 Å². The topological polar surface area (TPSA) is 329 Å². The minimum absolute atomic E-state index is 0.254. The molecule has 2 fully saturated rings. The van der Waals surface area contributed by atoms with Crippen LogP contribution in [0.25, 0.3) is 0 Å². The Morgan fingerprint density at radius 2 is 1.20 bits per heavy atom. The van der Waals surface area contributed by atoms with E-state index in [1.54, 1.807) is 0 Å². The fourth-order valence-corrected chi connectivity index (χ4v) is 4.46. The number of carbonyl (C=O) groups is 4. The average molecular weight is 695 g/mol. The second kappa shape index (κ2) is 16.9. The van der Waals surface area contributed by atoms with Crippen molar-refractivity contribution in [3.63, 3.8) is 0 Å². The first-order chi connectivity index (χ1) is 23.4. The van der Waals surface area contributed by atoms with Crippen molar-refractivity contribution in [3.8, 4) is 0 Å². The molecular formula is C27H34N8O14. The van der Waals surface area contributed by atoms with E-state index in [1.165, 1.54) is 0 Å². The van der Waals surface area contributed by atoms with E-state index < -0.39 is 79.4 Å². The number of carbonyl (C=O) groups excluding carboxylic acids is 4. The summed E-state index contributed by atoms with van der Waals surface area (Å²) in [6.07, 6.45) is -7.36. The molecule has 0 radical (unpaired) electrons. The lowest BCUT2D eigenvalue weighted by Crippen LogP contribution is -2.34. The van der Waals surface area contributed by atoms with Crippen LogP contribution in [0.15, 0.2) is 43.0 Å². The zero-order valence-electron chi connectivity index (χ0n) is 25.4. The molecule has 266 valence electrons. The van der Waals surface area contributed by atoms with E-state index in [0.29, 0.717) is 0 Å². The molecule has 0 aliphatic carbocycles. The Morgan fingerprint density at radius 3 is 1.63 bits per heavy atom. The summed E-state index contributed by atoms with van der Waals surface area (Å²) >= 11 is 0. The largest absolute Gasteiger partial charge is 0.461 e. The number of esters is 2. The van der Waals surface area contributed by atoms with Crippen LogP contribution in [0.5, 0.6) is 0 Å². The highest BCUT2D eigenvalue weighted by molar-refractivity contribution is 5.88. The summed E-state index contributed by atoms with van der Waals surface area (Å²) in [6, 6.07) is 9.32. The number of hydrogen-bond donors (Lipinski definition) is 7. The second-order valence-corrected chi connectivity index (χ2v) is 10.4. The Bertz CT molecular complexity index is 1570. The SMILES string of the molecule is NC(=O)c1ncn([C@@H]2O[C@H](COC(=O)CO)[C@@H](O)[C@H]2O)n1.NC(=O)c1ncn([C@@H]2O[C@H](COC(=O)COCc3ccccc3)C(O)C2O)n1. The molecule has 2 aliphatic rings. The summed E-state index contributed by atoms with van der Waals surface area (Å²) in [5.41, 5.74) is 11.0. The molecule has 2 amide bonds. The zero-order chi connectivity index (χ0) is 35.7. The third-order valence-corrected chi connectivity index (χ3v) is 6.93. The first-order valence-corrected chi connectivity index (χ1v) is 14.4. The van der Waals surface area contributed by atoms with Gasteiger partial charge in [-0.2, -0.15) is 0 Å². The van der Waals surface area contributed by atoms with Crippen molar-refractivity contribution in [3.05, 3.63) is 60.2 Å². The van der Waals surface area contributed by atoms with Gasteiger partial charge in [0.1, 0.15) is 75.7 Å². The minimum Gasteiger partial charge on any atom is -0.461 e. The lowest BCUT2D eigenvalue weighted by atomic mass is 10.1. The van der Waals surface area contributed by atoms with Gasteiger partial charge in [0.05, 0.1) is 6.61 Å². The van der Waals surface area contributed by atoms with Crippen molar-refractivity contribution >= 4 is 23.8 Å². The number of aromatic nitrogens is 6. The third-order valence-electron chi connectivity index (χ3n) is 6.93. The van der Waals surface area contributed by atoms with Gasteiger partial charge in [-0.1, -0.05) is 30.3 Å². The Morgan fingerprint density at radius 1 is 0.735 bits per heavy atom. The maximum Gasteiger partial charge on any atom is 0.332 e. The molecule has 49 heavy (non-hydrogen) atoms. The highest BCUT2D eigenvalue weighted by Crippen LogP contribution is 2.30. The van der Waals surface area contributed by atoms with Crippen molar-refractivity contribution in [1.82, 2.24) is 29.5 Å². The lowest BCUT2D eigenvalue weighted by molar-refractivity contribution is -0.156. The summed E-state index contributed by atoms with van der Waals surface area (Å²) in [6.45, 7) is -1.46. The van der Waals surface area contributed by atoms with Crippen LogP contribution < -0.4 is 11.5 Å². The van der Waals surface area contributed by atoms with Crippen molar-refractivity contribution in [1.29, 1.82) is 0 Å². The average Bonchev–Trinajstić information content (AvgIpc) is 3.88. The molecule has 22 heteroatoms. The second-order valence-electron chi connectivity index (χ2n) is 10.4. The smallest absolute Gasteiger partial charge is 0.332 e. The number of amides is 2. The minimum atomic E-state index is -1.37. The fourth-order valence-electron chi connectivity index (χ4n) is 4.46. The number of nitrogens with two attached hydrogens (primary N) is 2. The summed E-state index contributed by atoms with van der Waals surface area (Å²) in [5, 5.41) is 55.9. The molecule has 9 N–H and O–H groups in total. The molecule has 2 aliphatic heterocycles. The van der Waals surface area contributed by atoms with Crippen LogP contribution >= 0.6 is 0 Å². The number of hydrogen-bond acceptors (Lipinski definition) is 18. The van der Waals surface area contributed by atoms with Gasteiger partial charge in [-0.15, -0.1) is 10.2 Å². The van der Waals surface area contributed by atoms with Crippen LogP contribution in [0.2, 0.25) is 0 Å². The van der Waals surface area contributed by atoms with Gasteiger partial charge >= 0.3 is 11.9 Å². The standard InChI is InChI=1S/C17H20N4O7.C10H14N4O7/c18-15(25)16-19-9-21(20-16)17-14(24)13(23)11(28-17)7-27-12(22)8-26-6-10-4-2-1-3-5-10;11-8(19)9-12-3-14(13-9)10-7(18)6(17)4(21-10)2-20-5(16)1-15/h1-5,9,11,13-14,17,23-24H,6-8H2,(H2,18,25);3-4,6-7,10,15,17-18H,1-2H2,(H2,11,19)/t11-,13?,14?,17-;4-,6-,7-,10-/m11/s1. The molecule has 22 nitrogen and oxygen atoms in total. The highest BCUT2D eigenvalue weighted by atomic mass is 16.6. The van der Waals surface area contributed by atoms with E-state index >= 15 is 0 Å². The van der Waals surface area contributed by atoms with Gasteiger partial charge in [0.15, 0.2) is 12.5 Å². The van der Waals surface area contributed by atoms with Crippen molar-refractivity contribution in [2.24, 2.45) is 11.5 Å². The van der Waals surface area contributed by atoms with Gasteiger partial charge in [-0.05, 0) is 5.56 Å². The number of primary amides is 2. The van der Waals surface area contributed by atoms with Crippen LogP contribution in [0.1, 0.15) is 39.3 Å². The van der Waals surface area contributed by atoms with Crippen LogP contribution in [0.3, 0.4) is 0 Å². The van der Waals surface area contributed by atoms with Crippen LogP contribution in [0, 0.1) is 0 Å². The van der Waals surface area contributed by atoms with Gasteiger partial charge in [-0.3, -0.25) is 9.59 Å². The molecule has 2 unspecified atom stereocenters. The van der Waals surface area contributed by atoms with Crippen LogP contribution in [-0.4, -0.2) is 142 Å². The summed E-state index contributed by atoms with van der Waals surface area (Å²) in [7, 11) is 0. The van der Waals surface area contributed by atoms with Gasteiger partial charge in [-0.25, -0.2) is 28.9 Å². The van der Waals surface area contributed by atoms with E-state index in [4.69, 9.17) is 35.5 Å². The number of rotatable bonds is 13. The van der Waals surface area contributed by atoms with Gasteiger partial charge in [0.25, 0.3) is 11.8 Å². The molecule has 0 bridgehead atoms. The molecule has 4 heterocycles. The number of ether oxygens (including phenoxy) is 5. The normalized spacial score (nSPS) is 26.1. The Kier molecular flexibility index (Phi) is 12.8. The highest BCUT2D eigenvalue weighted by Gasteiger charge is 2.46. The van der Waals surface area contributed by atoms with Crippen molar-refractivity contribution in [2.45, 2.75) is 55.7 Å². The van der Waals surface area contributed by atoms with E-state index in [0.717, 1.165) is 27.6 Å². The predicted molar refractivity (Wildman–Crippen MR) is 154 cm³/mol. The molecule has 1 aromatic carbocycles. The third kappa shape index (κ3) is 9.58. The van der Waals surface area contributed by atoms with E-state index in [2.05, 4.69) is 24.9 Å². The van der Waals surface area contributed by atoms with Gasteiger partial charge in [0, 0.05) is 0 Å². The Labute approximate surface area is 275 Å². The van der Waals surface area contributed by atoms with Gasteiger partial charge < -0.3 is 60.7 Å². The van der Waals surface area contributed by atoms with Crippen molar-refractivity contribution in [2.75, 3.05) is 26.4 Å².